The van der Waals surface area contributed by atoms with E-state index in [0.717, 1.165) is 22.6 Å². The zero-order valence-electron chi connectivity index (χ0n) is 16.1. The van der Waals surface area contributed by atoms with Gasteiger partial charge in [0.25, 0.3) is 5.91 Å². The lowest BCUT2D eigenvalue weighted by atomic mass is 9.87. The van der Waals surface area contributed by atoms with Gasteiger partial charge in [0.05, 0.1) is 0 Å². The van der Waals surface area contributed by atoms with Gasteiger partial charge in [-0.3, -0.25) is 4.79 Å². The van der Waals surface area contributed by atoms with E-state index in [1.165, 1.54) is 5.56 Å². The molecule has 2 rings (SSSR count). The topological polar surface area (TPSA) is 38.3 Å². The zero-order valence-corrected chi connectivity index (χ0v) is 16.1. The summed E-state index contributed by atoms with van der Waals surface area (Å²) >= 11 is 0. The van der Waals surface area contributed by atoms with Gasteiger partial charge in [-0.25, -0.2) is 0 Å². The first-order chi connectivity index (χ1) is 11.7. The molecule has 1 unspecified atom stereocenters. The summed E-state index contributed by atoms with van der Waals surface area (Å²) in [6.45, 7) is 12.5. The molecule has 0 saturated carbocycles. The number of carbonyl (C=O) groups excluding carboxylic acids is 1. The molecule has 0 heterocycles. The molecule has 1 amide bonds. The van der Waals surface area contributed by atoms with Crippen molar-refractivity contribution in [3.63, 3.8) is 0 Å². The van der Waals surface area contributed by atoms with E-state index in [-0.39, 0.29) is 11.3 Å². The van der Waals surface area contributed by atoms with E-state index in [9.17, 15) is 4.79 Å². The molecule has 0 spiro atoms. The first-order valence-electron chi connectivity index (χ1n) is 8.86. The number of anilines is 1. The van der Waals surface area contributed by atoms with Crippen LogP contribution in [-0.2, 0) is 10.2 Å². The average molecular weight is 339 g/mol. The Morgan fingerprint density at radius 2 is 1.60 bits per heavy atom. The Morgan fingerprint density at radius 3 is 2.08 bits per heavy atom. The molecule has 0 fully saturated rings. The molecule has 0 radical (unpaired) electrons. The van der Waals surface area contributed by atoms with Gasteiger partial charge >= 0.3 is 0 Å². The molecule has 0 aromatic heterocycles. The van der Waals surface area contributed by atoms with Crippen LogP contribution in [-0.4, -0.2) is 12.0 Å². The van der Waals surface area contributed by atoms with E-state index in [1.807, 2.05) is 51.1 Å². The van der Waals surface area contributed by atoms with Crippen LogP contribution in [0.1, 0.15) is 50.8 Å². The fourth-order valence-electron chi connectivity index (χ4n) is 2.74. The number of nitrogens with one attached hydrogen (secondary N) is 1. The summed E-state index contributed by atoms with van der Waals surface area (Å²) in [4.78, 5) is 12.6. The van der Waals surface area contributed by atoms with E-state index in [0.29, 0.717) is 6.42 Å². The van der Waals surface area contributed by atoms with Crippen LogP contribution >= 0.6 is 0 Å². The zero-order chi connectivity index (χ0) is 18.6. The molecular weight excluding hydrogens is 310 g/mol. The second-order valence-electron chi connectivity index (χ2n) is 7.55. The number of hydrogen-bond acceptors (Lipinski definition) is 2. The van der Waals surface area contributed by atoms with Crippen LogP contribution in [0.4, 0.5) is 5.69 Å². The third-order valence-electron chi connectivity index (χ3n) is 4.39. The maximum Gasteiger partial charge on any atom is 0.265 e. The number of ether oxygens (including phenoxy) is 1. The number of benzene rings is 2. The molecule has 0 aliphatic heterocycles. The van der Waals surface area contributed by atoms with Crippen molar-refractivity contribution >= 4 is 11.6 Å². The lowest BCUT2D eigenvalue weighted by molar-refractivity contribution is -0.122. The van der Waals surface area contributed by atoms with Crippen molar-refractivity contribution in [2.45, 2.75) is 59.5 Å². The molecule has 134 valence electrons. The summed E-state index contributed by atoms with van der Waals surface area (Å²) in [5.41, 5.74) is 4.32. The molecule has 1 atom stereocenters. The Bertz CT molecular complexity index is 706. The lowest BCUT2D eigenvalue weighted by Gasteiger charge is -2.21. The van der Waals surface area contributed by atoms with E-state index < -0.39 is 6.10 Å². The quantitative estimate of drug-likeness (QED) is 0.792. The number of rotatable bonds is 5. The van der Waals surface area contributed by atoms with Gasteiger partial charge in [0.1, 0.15) is 5.75 Å². The van der Waals surface area contributed by atoms with E-state index in [1.54, 1.807) is 0 Å². The van der Waals surface area contributed by atoms with Crippen LogP contribution < -0.4 is 10.1 Å². The van der Waals surface area contributed by atoms with Gasteiger partial charge in [-0.15, -0.1) is 0 Å². The van der Waals surface area contributed by atoms with E-state index in [4.69, 9.17) is 4.74 Å². The standard InChI is InChI=1S/C22H29NO2/c1-7-19(21(24)23-20-15(2)9-8-10-16(20)3)25-18-13-11-17(12-14-18)22(4,5)6/h8-14,19H,7H2,1-6H3,(H,23,24). The van der Waals surface area contributed by atoms with E-state index in [2.05, 4.69) is 38.2 Å². The van der Waals surface area contributed by atoms with Gasteiger partial charge in [-0.1, -0.05) is 58.0 Å². The molecule has 0 aliphatic carbocycles. The average Bonchev–Trinajstić information content (AvgIpc) is 2.55. The second-order valence-corrected chi connectivity index (χ2v) is 7.55. The molecule has 0 saturated heterocycles. The summed E-state index contributed by atoms with van der Waals surface area (Å²) in [7, 11) is 0. The van der Waals surface area contributed by atoms with Gasteiger partial charge in [-0.05, 0) is 54.5 Å². The Labute approximate surface area is 151 Å². The van der Waals surface area contributed by atoms with Gasteiger partial charge in [0.2, 0.25) is 0 Å². The van der Waals surface area contributed by atoms with Gasteiger partial charge in [-0.2, -0.15) is 0 Å². The molecule has 0 bridgehead atoms. The van der Waals surface area contributed by atoms with Crippen molar-refractivity contribution < 1.29 is 9.53 Å². The monoisotopic (exact) mass is 339 g/mol. The maximum absolute atomic E-state index is 12.6. The highest BCUT2D eigenvalue weighted by molar-refractivity contribution is 5.95. The first kappa shape index (κ1) is 19.0. The van der Waals surface area contributed by atoms with Crippen molar-refractivity contribution in [1.29, 1.82) is 0 Å². The fraction of sp³-hybridized carbons (Fsp3) is 0.409. The van der Waals surface area contributed by atoms with Crippen molar-refractivity contribution in [3.8, 4) is 5.75 Å². The second kappa shape index (κ2) is 7.73. The van der Waals surface area contributed by atoms with Crippen molar-refractivity contribution in [2.75, 3.05) is 5.32 Å². The maximum atomic E-state index is 12.6. The summed E-state index contributed by atoms with van der Waals surface area (Å²) in [6, 6.07) is 14.0. The molecule has 0 aliphatic rings. The Hall–Kier alpha value is -2.29. The highest BCUT2D eigenvalue weighted by Crippen LogP contribution is 2.25. The fourth-order valence-corrected chi connectivity index (χ4v) is 2.74. The molecule has 25 heavy (non-hydrogen) atoms. The van der Waals surface area contributed by atoms with Crippen molar-refractivity contribution in [3.05, 3.63) is 59.2 Å². The van der Waals surface area contributed by atoms with Gasteiger partial charge in [0.15, 0.2) is 6.10 Å². The molecular formula is C22H29NO2. The molecule has 3 nitrogen and oxygen atoms in total. The minimum atomic E-state index is -0.514. The largest absolute Gasteiger partial charge is 0.481 e. The number of carbonyl (C=O) groups is 1. The summed E-state index contributed by atoms with van der Waals surface area (Å²) in [6.07, 6.45) is 0.0946. The highest BCUT2D eigenvalue weighted by Gasteiger charge is 2.20. The number of aryl methyl sites for hydroxylation is 2. The number of amides is 1. The van der Waals surface area contributed by atoms with E-state index >= 15 is 0 Å². The first-order valence-corrected chi connectivity index (χ1v) is 8.86. The Balaban J connectivity index is 2.10. The van der Waals surface area contributed by atoms with Gasteiger partial charge < -0.3 is 10.1 Å². The smallest absolute Gasteiger partial charge is 0.265 e. The minimum absolute atomic E-state index is 0.0996. The number of hydrogen-bond donors (Lipinski definition) is 1. The third kappa shape index (κ3) is 4.85. The Morgan fingerprint density at radius 1 is 1.04 bits per heavy atom. The summed E-state index contributed by atoms with van der Waals surface area (Å²) in [5.74, 6) is 0.608. The van der Waals surface area contributed by atoms with Crippen LogP contribution in [0.2, 0.25) is 0 Å². The predicted molar refractivity (Wildman–Crippen MR) is 104 cm³/mol. The molecule has 2 aromatic rings. The third-order valence-corrected chi connectivity index (χ3v) is 4.39. The molecule has 3 heteroatoms. The Kier molecular flexibility index (Phi) is 5.89. The molecule has 2 aromatic carbocycles. The predicted octanol–water partition coefficient (Wildman–Crippen LogP) is 5.40. The van der Waals surface area contributed by atoms with Crippen LogP contribution in [0, 0.1) is 13.8 Å². The van der Waals surface area contributed by atoms with Crippen LogP contribution in [0.3, 0.4) is 0 Å². The van der Waals surface area contributed by atoms with Gasteiger partial charge in [0, 0.05) is 5.69 Å². The van der Waals surface area contributed by atoms with Crippen molar-refractivity contribution in [1.82, 2.24) is 0 Å². The lowest BCUT2D eigenvalue weighted by Crippen LogP contribution is -2.32. The summed E-state index contributed by atoms with van der Waals surface area (Å²) in [5, 5.41) is 3.02. The normalized spacial score (nSPS) is 12.6. The van der Waals surface area contributed by atoms with Crippen molar-refractivity contribution in [2.24, 2.45) is 0 Å². The van der Waals surface area contributed by atoms with Crippen LogP contribution in [0.25, 0.3) is 0 Å². The van der Waals surface area contributed by atoms with Crippen LogP contribution in [0.15, 0.2) is 42.5 Å². The van der Waals surface area contributed by atoms with Crippen LogP contribution in [0.5, 0.6) is 5.75 Å². The molecule has 1 N–H and O–H groups in total. The SMILES string of the molecule is CCC(Oc1ccc(C(C)(C)C)cc1)C(=O)Nc1c(C)cccc1C. The highest BCUT2D eigenvalue weighted by atomic mass is 16.5. The minimum Gasteiger partial charge on any atom is -0.481 e. The number of para-hydroxylation sites is 1. The summed E-state index contributed by atoms with van der Waals surface area (Å²) < 4.78 is 5.93.